The fourth-order valence-electron chi connectivity index (χ4n) is 2.61. The van der Waals surface area contributed by atoms with Crippen molar-refractivity contribution in [3.05, 3.63) is 54.1 Å². The Hall–Kier alpha value is -2.27. The molecule has 1 atom stereocenters. The van der Waals surface area contributed by atoms with Crippen LogP contribution in [0.1, 0.15) is 18.9 Å². The largest absolute Gasteiger partial charge is 0.486 e. The molecule has 0 fully saturated rings. The smallest absolute Gasteiger partial charge is 0.170 e. The van der Waals surface area contributed by atoms with Gasteiger partial charge in [-0.2, -0.15) is 0 Å². The van der Waals surface area contributed by atoms with E-state index in [1.165, 1.54) is 5.56 Å². The van der Waals surface area contributed by atoms with E-state index in [0.29, 0.717) is 24.4 Å². The van der Waals surface area contributed by atoms with Crippen LogP contribution in [0.4, 0.5) is 5.69 Å². The predicted octanol–water partition coefficient (Wildman–Crippen LogP) is 3.77. The van der Waals surface area contributed by atoms with E-state index in [0.717, 1.165) is 30.0 Å². The summed E-state index contributed by atoms with van der Waals surface area (Å²) in [5.41, 5.74) is 2.24. The lowest BCUT2D eigenvalue weighted by molar-refractivity contribution is 0.171. The Bertz CT molecular complexity index is 691. The van der Waals surface area contributed by atoms with Crippen molar-refractivity contribution in [2.45, 2.75) is 25.8 Å². The summed E-state index contributed by atoms with van der Waals surface area (Å²) in [6.45, 7) is 3.31. The fourth-order valence-corrected chi connectivity index (χ4v) is 2.93. The van der Waals surface area contributed by atoms with Crippen LogP contribution in [0.5, 0.6) is 11.5 Å². The lowest BCUT2D eigenvalue weighted by Crippen LogP contribution is -2.36. The summed E-state index contributed by atoms with van der Waals surface area (Å²) in [5.74, 6) is 1.54. The highest BCUT2D eigenvalue weighted by molar-refractivity contribution is 7.80. The van der Waals surface area contributed by atoms with Crippen LogP contribution in [0.15, 0.2) is 48.5 Å². The van der Waals surface area contributed by atoms with E-state index in [4.69, 9.17) is 21.7 Å². The molecule has 1 aliphatic rings. The molecular formula is C19H22N2O2S. The van der Waals surface area contributed by atoms with E-state index in [-0.39, 0.29) is 0 Å². The van der Waals surface area contributed by atoms with Gasteiger partial charge in [0.15, 0.2) is 16.6 Å². The summed E-state index contributed by atoms with van der Waals surface area (Å²) in [7, 11) is 0. The molecule has 2 aromatic rings. The van der Waals surface area contributed by atoms with Crippen molar-refractivity contribution in [2.24, 2.45) is 0 Å². The molecule has 1 heterocycles. The van der Waals surface area contributed by atoms with Crippen LogP contribution in [0.2, 0.25) is 0 Å². The molecule has 3 rings (SSSR count). The van der Waals surface area contributed by atoms with Crippen LogP contribution in [0.25, 0.3) is 0 Å². The van der Waals surface area contributed by atoms with Crippen LogP contribution in [0, 0.1) is 0 Å². The van der Waals surface area contributed by atoms with Crippen molar-refractivity contribution in [2.75, 3.05) is 18.5 Å². The van der Waals surface area contributed by atoms with Gasteiger partial charge in [0.05, 0.1) is 0 Å². The SMILES string of the molecule is CC(CCc1ccccc1)NC(=S)Nc1ccc2c(c1)OCCO2. The van der Waals surface area contributed by atoms with Gasteiger partial charge in [0.25, 0.3) is 0 Å². The molecule has 0 spiro atoms. The van der Waals surface area contributed by atoms with Crippen molar-refractivity contribution in [1.82, 2.24) is 5.32 Å². The summed E-state index contributed by atoms with van der Waals surface area (Å²) in [6.07, 6.45) is 2.05. The maximum absolute atomic E-state index is 5.59. The third-order valence-corrected chi connectivity index (χ3v) is 4.11. The highest BCUT2D eigenvalue weighted by Crippen LogP contribution is 2.32. The number of fused-ring (bicyclic) bond motifs is 1. The van der Waals surface area contributed by atoms with Gasteiger partial charge in [-0.3, -0.25) is 0 Å². The normalized spacial score (nSPS) is 13.9. The zero-order valence-corrected chi connectivity index (χ0v) is 14.6. The number of nitrogens with one attached hydrogen (secondary N) is 2. The average Bonchev–Trinajstić information content (AvgIpc) is 2.60. The quantitative estimate of drug-likeness (QED) is 0.810. The second-order valence-electron chi connectivity index (χ2n) is 5.88. The Morgan fingerprint density at radius 2 is 1.83 bits per heavy atom. The van der Waals surface area contributed by atoms with Gasteiger partial charge in [-0.25, -0.2) is 0 Å². The maximum Gasteiger partial charge on any atom is 0.170 e. The lowest BCUT2D eigenvalue weighted by atomic mass is 10.1. The Balaban J connectivity index is 1.48. The van der Waals surface area contributed by atoms with Gasteiger partial charge < -0.3 is 20.1 Å². The second-order valence-corrected chi connectivity index (χ2v) is 6.29. The monoisotopic (exact) mass is 342 g/mol. The minimum Gasteiger partial charge on any atom is -0.486 e. The summed E-state index contributed by atoms with van der Waals surface area (Å²) >= 11 is 5.40. The van der Waals surface area contributed by atoms with Crippen molar-refractivity contribution < 1.29 is 9.47 Å². The van der Waals surface area contributed by atoms with Crippen molar-refractivity contribution in [3.63, 3.8) is 0 Å². The minimum absolute atomic E-state index is 0.294. The molecule has 1 aliphatic heterocycles. The van der Waals surface area contributed by atoms with Crippen molar-refractivity contribution >= 4 is 23.0 Å². The summed E-state index contributed by atoms with van der Waals surface area (Å²) < 4.78 is 11.1. The number of benzene rings is 2. The highest BCUT2D eigenvalue weighted by Gasteiger charge is 2.12. The molecule has 0 saturated carbocycles. The molecule has 126 valence electrons. The third-order valence-electron chi connectivity index (χ3n) is 3.89. The zero-order valence-electron chi connectivity index (χ0n) is 13.7. The van der Waals surface area contributed by atoms with Gasteiger partial charge in [-0.05, 0) is 49.7 Å². The molecule has 4 nitrogen and oxygen atoms in total. The Morgan fingerprint density at radius 1 is 1.08 bits per heavy atom. The van der Waals surface area contributed by atoms with Crippen LogP contribution < -0.4 is 20.1 Å². The van der Waals surface area contributed by atoms with E-state index in [9.17, 15) is 0 Å². The number of thiocarbonyl (C=S) groups is 1. The van der Waals surface area contributed by atoms with Crippen LogP contribution in [-0.2, 0) is 6.42 Å². The molecule has 0 bridgehead atoms. The van der Waals surface area contributed by atoms with Gasteiger partial charge >= 0.3 is 0 Å². The molecule has 24 heavy (non-hydrogen) atoms. The maximum atomic E-state index is 5.59. The molecule has 0 amide bonds. The Morgan fingerprint density at radius 3 is 2.62 bits per heavy atom. The van der Waals surface area contributed by atoms with Crippen molar-refractivity contribution in [1.29, 1.82) is 0 Å². The first kappa shape index (κ1) is 16.6. The second kappa shape index (κ2) is 8.02. The number of aryl methyl sites for hydroxylation is 1. The summed E-state index contributed by atoms with van der Waals surface area (Å²) in [5, 5.41) is 7.15. The summed E-state index contributed by atoms with van der Waals surface area (Å²) in [6, 6.07) is 16.5. The topological polar surface area (TPSA) is 42.5 Å². The van der Waals surface area contributed by atoms with Gasteiger partial charge in [0.2, 0.25) is 0 Å². The Labute approximate surface area is 148 Å². The summed E-state index contributed by atoms with van der Waals surface area (Å²) in [4.78, 5) is 0. The minimum atomic E-state index is 0.294. The van der Waals surface area contributed by atoms with Gasteiger partial charge in [-0.15, -0.1) is 0 Å². The van der Waals surface area contributed by atoms with E-state index in [2.05, 4.69) is 41.8 Å². The third kappa shape index (κ3) is 4.61. The lowest BCUT2D eigenvalue weighted by Gasteiger charge is -2.20. The average molecular weight is 342 g/mol. The molecule has 1 unspecified atom stereocenters. The fraction of sp³-hybridized carbons (Fsp3) is 0.316. The first-order valence-electron chi connectivity index (χ1n) is 8.22. The van der Waals surface area contributed by atoms with Crippen LogP contribution in [0.3, 0.4) is 0 Å². The highest BCUT2D eigenvalue weighted by atomic mass is 32.1. The molecular weight excluding hydrogens is 320 g/mol. The molecule has 5 heteroatoms. The van der Waals surface area contributed by atoms with Crippen LogP contribution >= 0.6 is 12.2 Å². The number of rotatable bonds is 5. The zero-order chi connectivity index (χ0) is 16.8. The first-order chi connectivity index (χ1) is 11.7. The molecule has 0 saturated heterocycles. The molecule has 2 aromatic carbocycles. The Kier molecular flexibility index (Phi) is 5.54. The van der Waals surface area contributed by atoms with Crippen LogP contribution in [-0.4, -0.2) is 24.4 Å². The molecule has 2 N–H and O–H groups in total. The van der Waals surface area contributed by atoms with Gasteiger partial charge in [0.1, 0.15) is 13.2 Å². The van der Waals surface area contributed by atoms with Gasteiger partial charge in [0, 0.05) is 17.8 Å². The van der Waals surface area contributed by atoms with Crippen molar-refractivity contribution in [3.8, 4) is 11.5 Å². The van der Waals surface area contributed by atoms with E-state index in [1.807, 2.05) is 24.3 Å². The molecule has 0 aliphatic carbocycles. The van der Waals surface area contributed by atoms with Gasteiger partial charge in [-0.1, -0.05) is 30.3 Å². The predicted molar refractivity (Wildman–Crippen MR) is 101 cm³/mol. The van der Waals surface area contributed by atoms with E-state index >= 15 is 0 Å². The van der Waals surface area contributed by atoms with E-state index in [1.54, 1.807) is 0 Å². The number of hydrogen-bond acceptors (Lipinski definition) is 3. The standard InChI is InChI=1S/C19H22N2O2S/c1-14(7-8-15-5-3-2-4-6-15)20-19(24)21-16-9-10-17-18(13-16)23-12-11-22-17/h2-6,9-10,13-14H,7-8,11-12H2,1H3,(H2,20,21,24). The molecule has 0 radical (unpaired) electrons. The number of hydrogen-bond donors (Lipinski definition) is 2. The first-order valence-corrected chi connectivity index (χ1v) is 8.62. The molecule has 0 aromatic heterocycles. The van der Waals surface area contributed by atoms with E-state index < -0.39 is 0 Å². The number of ether oxygens (including phenoxy) is 2. The number of anilines is 1.